The fraction of sp³-hybridized carbons (Fsp3) is 0.600. The molecule has 1 aromatic carbocycles. The van der Waals surface area contributed by atoms with Crippen molar-refractivity contribution in [3.05, 3.63) is 23.8 Å². The van der Waals surface area contributed by atoms with Gasteiger partial charge in [-0.1, -0.05) is 12.1 Å². The quantitative estimate of drug-likeness (QED) is 0.847. The van der Waals surface area contributed by atoms with Gasteiger partial charge in [0, 0.05) is 12.1 Å². The lowest BCUT2D eigenvalue weighted by Gasteiger charge is -2.31. The van der Waals surface area contributed by atoms with Gasteiger partial charge in [0.2, 0.25) is 0 Å². The van der Waals surface area contributed by atoms with Crippen molar-refractivity contribution in [3.63, 3.8) is 0 Å². The van der Waals surface area contributed by atoms with Crippen LogP contribution in [0.25, 0.3) is 0 Å². The van der Waals surface area contributed by atoms with Gasteiger partial charge in [-0.05, 0) is 32.5 Å². The number of ether oxygens (including phenoxy) is 2. The number of nitrogens with two attached hydrogens (primary N) is 1. The minimum atomic E-state index is -0.457. The summed E-state index contributed by atoms with van der Waals surface area (Å²) in [7, 11) is 3.71. The van der Waals surface area contributed by atoms with E-state index in [1.165, 1.54) is 0 Å². The molecule has 0 aliphatic carbocycles. The van der Waals surface area contributed by atoms with Crippen molar-refractivity contribution in [2.24, 2.45) is 5.73 Å². The molecule has 1 aliphatic rings. The molecule has 0 radical (unpaired) electrons. The Morgan fingerprint density at radius 2 is 2.30 bits per heavy atom. The molecule has 0 bridgehead atoms. The first-order chi connectivity index (χ1) is 9.65. The Bertz CT molecular complexity index is 439. The lowest BCUT2D eigenvalue weighted by molar-refractivity contribution is 0.0993. The summed E-state index contributed by atoms with van der Waals surface area (Å²) < 4.78 is 11.5. The normalized spacial score (nSPS) is 21.5. The van der Waals surface area contributed by atoms with Crippen LogP contribution >= 0.6 is 0 Å². The summed E-state index contributed by atoms with van der Waals surface area (Å²) in [5.41, 5.74) is 6.75. The van der Waals surface area contributed by atoms with Crippen LogP contribution in [0.5, 0.6) is 11.5 Å². The second-order valence-electron chi connectivity index (χ2n) is 5.31. The van der Waals surface area contributed by atoms with Gasteiger partial charge in [-0.15, -0.1) is 0 Å². The number of piperidine rings is 1. The average Bonchev–Trinajstić information content (AvgIpc) is 2.46. The number of hydrogen-bond donors (Lipinski definition) is 2. The number of aliphatic hydroxyl groups is 1. The zero-order valence-electron chi connectivity index (χ0n) is 12.2. The maximum absolute atomic E-state index is 9.29. The molecule has 5 heteroatoms. The van der Waals surface area contributed by atoms with Gasteiger partial charge in [-0.25, -0.2) is 0 Å². The Kier molecular flexibility index (Phi) is 5.23. The van der Waals surface area contributed by atoms with Gasteiger partial charge >= 0.3 is 0 Å². The largest absolute Gasteiger partial charge is 0.493 e. The summed E-state index contributed by atoms with van der Waals surface area (Å²) in [5, 5.41) is 9.29. The standard InChI is InChI=1S/C15H24N2O3/c1-17-8-4-5-11(9-17)20-15-12(13(16)10-18)6-3-7-14(15)19-2/h3,6-7,11,13,18H,4-5,8-10,16H2,1-2H3. The summed E-state index contributed by atoms with van der Waals surface area (Å²) in [6, 6.07) is 5.14. The van der Waals surface area contributed by atoms with Crippen LogP contribution in [0.2, 0.25) is 0 Å². The molecule has 2 unspecified atom stereocenters. The Balaban J connectivity index is 2.23. The topological polar surface area (TPSA) is 68.0 Å². The first-order valence-corrected chi connectivity index (χ1v) is 7.04. The van der Waals surface area contributed by atoms with Gasteiger partial charge in [0.1, 0.15) is 6.10 Å². The highest BCUT2D eigenvalue weighted by molar-refractivity contribution is 5.48. The van der Waals surface area contributed by atoms with E-state index in [0.29, 0.717) is 11.5 Å². The number of rotatable bonds is 5. The number of likely N-dealkylation sites (tertiary alicyclic amines) is 1. The molecule has 0 saturated carbocycles. The summed E-state index contributed by atoms with van der Waals surface area (Å²) in [6.45, 7) is 1.88. The van der Waals surface area contributed by atoms with Crippen LogP contribution in [0, 0.1) is 0 Å². The van der Waals surface area contributed by atoms with Crippen LogP contribution in [0.4, 0.5) is 0 Å². The first kappa shape index (κ1) is 15.1. The second-order valence-corrected chi connectivity index (χ2v) is 5.31. The van der Waals surface area contributed by atoms with Gasteiger partial charge in [0.05, 0.1) is 19.8 Å². The van der Waals surface area contributed by atoms with Gasteiger partial charge in [0.25, 0.3) is 0 Å². The van der Waals surface area contributed by atoms with Crippen LogP contribution < -0.4 is 15.2 Å². The van der Waals surface area contributed by atoms with E-state index in [1.54, 1.807) is 7.11 Å². The molecule has 1 saturated heterocycles. The molecule has 0 amide bonds. The average molecular weight is 280 g/mol. The zero-order valence-corrected chi connectivity index (χ0v) is 12.2. The summed E-state index contributed by atoms with van der Waals surface area (Å²) >= 11 is 0. The number of methoxy groups -OCH3 is 1. The lowest BCUT2D eigenvalue weighted by atomic mass is 10.1. The highest BCUT2D eigenvalue weighted by Gasteiger charge is 2.23. The molecule has 1 fully saturated rings. The third-order valence-corrected chi connectivity index (χ3v) is 3.69. The highest BCUT2D eigenvalue weighted by Crippen LogP contribution is 2.35. The lowest BCUT2D eigenvalue weighted by Crippen LogP contribution is -2.39. The van der Waals surface area contributed by atoms with Crippen molar-refractivity contribution < 1.29 is 14.6 Å². The minimum Gasteiger partial charge on any atom is -0.493 e. The summed E-state index contributed by atoms with van der Waals surface area (Å²) in [5.74, 6) is 1.33. The van der Waals surface area contributed by atoms with E-state index in [4.69, 9.17) is 15.2 Å². The molecule has 5 nitrogen and oxygen atoms in total. The van der Waals surface area contributed by atoms with E-state index in [2.05, 4.69) is 11.9 Å². The second kappa shape index (κ2) is 6.92. The van der Waals surface area contributed by atoms with Gasteiger partial charge in [0.15, 0.2) is 11.5 Å². The van der Waals surface area contributed by atoms with Crippen molar-refractivity contribution in [1.29, 1.82) is 0 Å². The van der Waals surface area contributed by atoms with E-state index < -0.39 is 6.04 Å². The molecule has 0 aromatic heterocycles. The first-order valence-electron chi connectivity index (χ1n) is 7.04. The molecule has 2 rings (SSSR count). The molecule has 2 atom stereocenters. The number of hydrogen-bond acceptors (Lipinski definition) is 5. The van der Waals surface area contributed by atoms with Gasteiger partial charge in [-0.3, -0.25) is 0 Å². The van der Waals surface area contributed by atoms with Crippen LogP contribution in [0.3, 0.4) is 0 Å². The van der Waals surface area contributed by atoms with E-state index in [-0.39, 0.29) is 12.7 Å². The fourth-order valence-electron chi connectivity index (χ4n) is 2.59. The maximum Gasteiger partial charge on any atom is 0.166 e. The van der Waals surface area contributed by atoms with Crippen LogP contribution in [0.15, 0.2) is 18.2 Å². The van der Waals surface area contributed by atoms with E-state index in [0.717, 1.165) is 31.5 Å². The number of benzene rings is 1. The van der Waals surface area contributed by atoms with Gasteiger partial charge < -0.3 is 25.2 Å². The third-order valence-electron chi connectivity index (χ3n) is 3.69. The van der Waals surface area contributed by atoms with E-state index in [9.17, 15) is 5.11 Å². The number of aliphatic hydroxyl groups excluding tert-OH is 1. The Labute approximate surface area is 120 Å². The van der Waals surface area contributed by atoms with Crippen molar-refractivity contribution >= 4 is 0 Å². The fourth-order valence-corrected chi connectivity index (χ4v) is 2.59. The van der Waals surface area contributed by atoms with Crippen molar-refractivity contribution in [2.45, 2.75) is 25.0 Å². The van der Waals surface area contributed by atoms with Crippen molar-refractivity contribution in [1.82, 2.24) is 4.90 Å². The molecular formula is C15H24N2O3. The number of nitrogens with zero attached hydrogens (tertiary/aromatic N) is 1. The molecule has 112 valence electrons. The number of likely N-dealkylation sites (N-methyl/N-ethyl adjacent to an activating group) is 1. The number of para-hydroxylation sites is 1. The predicted molar refractivity (Wildman–Crippen MR) is 78.2 cm³/mol. The molecule has 1 heterocycles. The molecule has 20 heavy (non-hydrogen) atoms. The molecular weight excluding hydrogens is 256 g/mol. The highest BCUT2D eigenvalue weighted by atomic mass is 16.5. The summed E-state index contributed by atoms with van der Waals surface area (Å²) in [6.07, 6.45) is 2.28. The van der Waals surface area contributed by atoms with Crippen molar-refractivity contribution in [3.8, 4) is 11.5 Å². The third kappa shape index (κ3) is 3.42. The van der Waals surface area contributed by atoms with Gasteiger partial charge in [-0.2, -0.15) is 0 Å². The van der Waals surface area contributed by atoms with Crippen LogP contribution in [0.1, 0.15) is 24.4 Å². The predicted octanol–water partition coefficient (Wildman–Crippen LogP) is 1.16. The van der Waals surface area contributed by atoms with E-state index >= 15 is 0 Å². The van der Waals surface area contributed by atoms with Crippen molar-refractivity contribution in [2.75, 3.05) is 33.9 Å². The van der Waals surface area contributed by atoms with Crippen LogP contribution in [-0.4, -0.2) is 50.0 Å². The summed E-state index contributed by atoms with van der Waals surface area (Å²) in [4.78, 5) is 2.26. The molecule has 0 spiro atoms. The minimum absolute atomic E-state index is 0.117. The van der Waals surface area contributed by atoms with E-state index in [1.807, 2.05) is 18.2 Å². The zero-order chi connectivity index (χ0) is 14.5. The maximum atomic E-state index is 9.29. The Morgan fingerprint density at radius 3 is 2.95 bits per heavy atom. The molecule has 1 aliphatic heterocycles. The Hall–Kier alpha value is -1.30. The molecule has 3 N–H and O–H groups in total. The molecule has 1 aromatic rings. The Morgan fingerprint density at radius 1 is 1.50 bits per heavy atom. The van der Waals surface area contributed by atoms with Crippen LogP contribution in [-0.2, 0) is 0 Å². The SMILES string of the molecule is COc1cccc(C(N)CO)c1OC1CCCN(C)C1. The smallest absolute Gasteiger partial charge is 0.166 e. The monoisotopic (exact) mass is 280 g/mol.